The molecule has 0 saturated heterocycles. The van der Waals surface area contributed by atoms with Crippen LogP contribution in [0.5, 0.6) is 0 Å². The molecular weight excluding hydrogens is 222 g/mol. The van der Waals surface area contributed by atoms with E-state index in [1.807, 2.05) is 0 Å². The number of urea groups is 1. The maximum Gasteiger partial charge on any atom is 0.333 e. The standard InChI is InChI=1S/C6H11N5OS2/c1-7-5(12)9-10-6-8-4(2-3-13)11-14-6/h13H,2-3H2,1H3,(H2,7,9,12)(H,8,10,11). The Balaban J connectivity index is 2.39. The number of hydrogen-bond acceptors (Lipinski definition) is 6. The average molecular weight is 233 g/mol. The number of rotatable bonds is 4. The second kappa shape index (κ2) is 5.66. The van der Waals surface area contributed by atoms with Gasteiger partial charge in [0.05, 0.1) is 0 Å². The highest BCUT2D eigenvalue weighted by Crippen LogP contribution is 2.09. The highest BCUT2D eigenvalue weighted by Gasteiger charge is 2.03. The minimum atomic E-state index is -0.323. The van der Waals surface area contributed by atoms with Crippen molar-refractivity contribution in [1.29, 1.82) is 0 Å². The molecule has 0 atom stereocenters. The third-order valence-corrected chi connectivity index (χ3v) is 2.21. The van der Waals surface area contributed by atoms with Gasteiger partial charge < -0.3 is 5.32 Å². The topological polar surface area (TPSA) is 78.9 Å². The zero-order valence-corrected chi connectivity index (χ0v) is 9.28. The third kappa shape index (κ3) is 3.38. The lowest BCUT2D eigenvalue weighted by Crippen LogP contribution is -2.36. The summed E-state index contributed by atoms with van der Waals surface area (Å²) in [4.78, 5) is 14.9. The first-order valence-electron chi connectivity index (χ1n) is 3.93. The smallest absolute Gasteiger partial charge is 0.333 e. The monoisotopic (exact) mass is 233 g/mol. The summed E-state index contributed by atoms with van der Waals surface area (Å²) in [6, 6.07) is -0.323. The minimum absolute atomic E-state index is 0.323. The molecule has 0 aromatic carbocycles. The van der Waals surface area contributed by atoms with E-state index in [0.29, 0.717) is 10.9 Å². The number of amides is 2. The molecule has 3 N–H and O–H groups in total. The molecule has 0 spiro atoms. The van der Waals surface area contributed by atoms with Gasteiger partial charge in [0.15, 0.2) is 0 Å². The molecule has 0 saturated carbocycles. The average Bonchev–Trinajstić information content (AvgIpc) is 2.63. The van der Waals surface area contributed by atoms with Gasteiger partial charge in [-0.05, 0) is 5.75 Å². The molecule has 6 nitrogen and oxygen atoms in total. The summed E-state index contributed by atoms with van der Waals surface area (Å²) in [6.45, 7) is 0. The Morgan fingerprint density at radius 3 is 3.07 bits per heavy atom. The largest absolute Gasteiger partial charge is 0.340 e. The van der Waals surface area contributed by atoms with E-state index in [4.69, 9.17) is 0 Å². The zero-order valence-electron chi connectivity index (χ0n) is 7.57. The molecule has 78 valence electrons. The summed E-state index contributed by atoms with van der Waals surface area (Å²) >= 11 is 5.26. The molecule has 0 radical (unpaired) electrons. The lowest BCUT2D eigenvalue weighted by Gasteiger charge is -2.02. The molecule has 0 aliphatic carbocycles. The molecular formula is C6H11N5OS2. The van der Waals surface area contributed by atoms with Crippen molar-refractivity contribution >= 4 is 35.3 Å². The molecule has 0 unspecified atom stereocenters. The van der Waals surface area contributed by atoms with Gasteiger partial charge in [0, 0.05) is 25.0 Å². The lowest BCUT2D eigenvalue weighted by atomic mass is 10.5. The summed E-state index contributed by atoms with van der Waals surface area (Å²) in [6.07, 6.45) is 0.723. The highest BCUT2D eigenvalue weighted by atomic mass is 32.1. The first-order valence-corrected chi connectivity index (χ1v) is 5.34. The van der Waals surface area contributed by atoms with Crippen molar-refractivity contribution < 1.29 is 4.79 Å². The number of aromatic nitrogens is 2. The molecule has 1 rings (SSSR count). The van der Waals surface area contributed by atoms with Crippen molar-refractivity contribution in [3.05, 3.63) is 5.82 Å². The highest BCUT2D eigenvalue weighted by molar-refractivity contribution is 7.80. The van der Waals surface area contributed by atoms with Crippen molar-refractivity contribution in [2.75, 3.05) is 18.2 Å². The SMILES string of the molecule is CNC(=O)NNc1nc(CCS)ns1. The van der Waals surface area contributed by atoms with Gasteiger partial charge in [-0.25, -0.2) is 15.2 Å². The van der Waals surface area contributed by atoms with E-state index in [-0.39, 0.29) is 6.03 Å². The molecule has 1 aromatic heterocycles. The van der Waals surface area contributed by atoms with Gasteiger partial charge in [-0.1, -0.05) is 0 Å². The predicted octanol–water partition coefficient (Wildman–Crippen LogP) is 0.266. The summed E-state index contributed by atoms with van der Waals surface area (Å²) in [5, 5.41) is 2.96. The van der Waals surface area contributed by atoms with Gasteiger partial charge in [-0.2, -0.15) is 17.0 Å². The van der Waals surface area contributed by atoms with E-state index >= 15 is 0 Å². The fourth-order valence-electron chi connectivity index (χ4n) is 0.679. The molecule has 1 aromatic rings. The van der Waals surface area contributed by atoms with Gasteiger partial charge in [-0.3, -0.25) is 5.43 Å². The fraction of sp³-hybridized carbons (Fsp3) is 0.500. The molecule has 8 heteroatoms. The van der Waals surface area contributed by atoms with Crippen LogP contribution < -0.4 is 16.2 Å². The van der Waals surface area contributed by atoms with Gasteiger partial charge in [0.2, 0.25) is 5.13 Å². The lowest BCUT2D eigenvalue weighted by molar-refractivity contribution is 0.245. The molecule has 0 fully saturated rings. The van der Waals surface area contributed by atoms with E-state index in [9.17, 15) is 4.79 Å². The Kier molecular flexibility index (Phi) is 4.47. The molecule has 0 aliphatic heterocycles. The van der Waals surface area contributed by atoms with Crippen molar-refractivity contribution in [3.8, 4) is 0 Å². The van der Waals surface area contributed by atoms with Crippen LogP contribution in [0.3, 0.4) is 0 Å². The summed E-state index contributed by atoms with van der Waals surface area (Å²) < 4.78 is 4.06. The van der Waals surface area contributed by atoms with Crippen LogP contribution in [-0.4, -0.2) is 28.2 Å². The van der Waals surface area contributed by atoms with Crippen LogP contribution in [0, 0.1) is 0 Å². The van der Waals surface area contributed by atoms with Crippen LogP contribution in [0.2, 0.25) is 0 Å². The zero-order chi connectivity index (χ0) is 10.4. The maximum atomic E-state index is 10.8. The predicted molar refractivity (Wildman–Crippen MR) is 58.7 cm³/mol. The van der Waals surface area contributed by atoms with Crippen molar-refractivity contribution in [1.82, 2.24) is 20.1 Å². The summed E-state index contributed by atoms with van der Waals surface area (Å²) in [5.41, 5.74) is 5.02. The van der Waals surface area contributed by atoms with Crippen molar-refractivity contribution in [3.63, 3.8) is 0 Å². The van der Waals surface area contributed by atoms with Crippen LogP contribution in [0.1, 0.15) is 5.82 Å². The Labute approximate surface area is 91.0 Å². The number of carbonyl (C=O) groups is 1. The van der Waals surface area contributed by atoms with Gasteiger partial charge in [-0.15, -0.1) is 0 Å². The van der Waals surface area contributed by atoms with Gasteiger partial charge in [0.1, 0.15) is 5.82 Å². The molecule has 2 amide bonds. The number of thiol groups is 1. The quantitative estimate of drug-likeness (QED) is 0.444. The Morgan fingerprint density at radius 2 is 2.43 bits per heavy atom. The number of aryl methyl sites for hydroxylation is 1. The van der Waals surface area contributed by atoms with E-state index < -0.39 is 0 Å². The van der Waals surface area contributed by atoms with E-state index in [2.05, 4.69) is 38.2 Å². The van der Waals surface area contributed by atoms with Crippen LogP contribution in [0.4, 0.5) is 9.93 Å². The number of hydrazine groups is 1. The molecule has 0 aliphatic rings. The van der Waals surface area contributed by atoms with Crippen molar-refractivity contribution in [2.24, 2.45) is 0 Å². The van der Waals surface area contributed by atoms with E-state index in [1.165, 1.54) is 18.6 Å². The normalized spacial score (nSPS) is 9.57. The van der Waals surface area contributed by atoms with E-state index in [0.717, 1.165) is 12.2 Å². The third-order valence-electron chi connectivity index (χ3n) is 1.31. The molecule has 1 heterocycles. The first-order chi connectivity index (χ1) is 6.76. The first kappa shape index (κ1) is 11.1. The van der Waals surface area contributed by atoms with Crippen LogP contribution in [0.25, 0.3) is 0 Å². The number of hydrogen-bond donors (Lipinski definition) is 4. The van der Waals surface area contributed by atoms with Gasteiger partial charge >= 0.3 is 6.03 Å². The Bertz CT molecular complexity index is 302. The number of carbonyl (C=O) groups excluding carboxylic acids is 1. The van der Waals surface area contributed by atoms with Gasteiger partial charge in [0.25, 0.3) is 0 Å². The Hall–Kier alpha value is -1.02. The van der Waals surface area contributed by atoms with Crippen LogP contribution >= 0.6 is 24.2 Å². The molecule has 14 heavy (non-hydrogen) atoms. The molecule has 0 bridgehead atoms. The van der Waals surface area contributed by atoms with Crippen LogP contribution in [-0.2, 0) is 6.42 Å². The maximum absolute atomic E-state index is 10.8. The number of nitrogens with one attached hydrogen (secondary N) is 3. The summed E-state index contributed by atoms with van der Waals surface area (Å²) in [5.74, 6) is 1.44. The van der Waals surface area contributed by atoms with E-state index in [1.54, 1.807) is 0 Å². The number of anilines is 1. The Morgan fingerprint density at radius 1 is 1.64 bits per heavy atom. The minimum Gasteiger partial charge on any atom is -0.340 e. The second-order valence-corrected chi connectivity index (χ2v) is 3.52. The second-order valence-electron chi connectivity index (χ2n) is 2.32. The van der Waals surface area contributed by atoms with Crippen molar-refractivity contribution in [2.45, 2.75) is 6.42 Å². The summed E-state index contributed by atoms with van der Waals surface area (Å²) in [7, 11) is 1.53. The van der Waals surface area contributed by atoms with Crippen LogP contribution in [0.15, 0.2) is 0 Å². The fourth-order valence-corrected chi connectivity index (χ4v) is 1.45. The number of nitrogens with zero attached hydrogens (tertiary/aromatic N) is 2.